The molecule has 2 amide bonds. The normalized spacial score (nSPS) is 15.2. The molecule has 1 aliphatic heterocycles. The molecule has 7 heteroatoms. The van der Waals surface area contributed by atoms with Crippen molar-refractivity contribution in [3.8, 4) is 17.2 Å². The third kappa shape index (κ3) is 4.92. The van der Waals surface area contributed by atoms with Crippen LogP contribution in [-0.4, -0.2) is 37.0 Å². The molecule has 4 rings (SSSR count). The molecule has 0 aliphatic carbocycles. The first-order valence-corrected chi connectivity index (χ1v) is 10.6. The number of rotatable bonds is 6. The molecule has 3 aromatic rings. The van der Waals surface area contributed by atoms with Gasteiger partial charge < -0.3 is 24.4 Å². The zero-order valence-electron chi connectivity index (χ0n) is 18.8. The molecule has 0 spiro atoms. The number of fused-ring (bicyclic) bond motifs is 1. The van der Waals surface area contributed by atoms with E-state index in [4.69, 9.17) is 14.2 Å². The maximum Gasteiger partial charge on any atom is 0.263 e. The summed E-state index contributed by atoms with van der Waals surface area (Å²) in [6, 6.07) is 20.1. The maximum absolute atomic E-state index is 13.0. The fourth-order valence-electron chi connectivity index (χ4n) is 3.83. The Kier molecular flexibility index (Phi) is 6.49. The standard InChI is InChI=1S/C26H26N2O5/c1-17-26(30)28(15-18-7-6-8-21(13-18)31-2)16-19-14-20(11-12-23(19)33-17)27-25(29)22-9-4-5-10-24(22)32-3/h4-14,17H,15-16H2,1-3H3,(H,27,29)/t17-/m1/s1. The molecule has 3 aromatic carbocycles. The summed E-state index contributed by atoms with van der Waals surface area (Å²) in [5.41, 5.74) is 2.82. The lowest BCUT2D eigenvalue weighted by molar-refractivity contribution is -0.138. The molecular formula is C26H26N2O5. The van der Waals surface area contributed by atoms with Gasteiger partial charge in [-0.2, -0.15) is 0 Å². The van der Waals surface area contributed by atoms with Crippen LogP contribution in [0.4, 0.5) is 5.69 Å². The highest BCUT2D eigenvalue weighted by Crippen LogP contribution is 2.30. The summed E-state index contributed by atoms with van der Waals surface area (Å²) >= 11 is 0. The largest absolute Gasteiger partial charge is 0.497 e. The third-order valence-electron chi connectivity index (χ3n) is 5.50. The van der Waals surface area contributed by atoms with Gasteiger partial charge in [0.1, 0.15) is 17.2 Å². The summed E-state index contributed by atoms with van der Waals surface area (Å²) in [6.45, 7) is 2.52. The van der Waals surface area contributed by atoms with E-state index in [0.717, 1.165) is 16.9 Å². The van der Waals surface area contributed by atoms with Gasteiger partial charge in [-0.05, 0) is 55.0 Å². The van der Waals surface area contributed by atoms with Crippen LogP contribution in [-0.2, 0) is 17.9 Å². The Bertz CT molecular complexity index is 1180. The Labute approximate surface area is 192 Å². The first-order chi connectivity index (χ1) is 16.0. The number of ether oxygens (including phenoxy) is 3. The van der Waals surface area contributed by atoms with Crippen LogP contribution in [0, 0.1) is 0 Å². The molecule has 0 fully saturated rings. The number of amides is 2. The number of nitrogens with zero attached hydrogens (tertiary/aromatic N) is 1. The van der Waals surface area contributed by atoms with Crippen LogP contribution in [0.1, 0.15) is 28.4 Å². The van der Waals surface area contributed by atoms with Crippen LogP contribution >= 0.6 is 0 Å². The van der Waals surface area contributed by atoms with Gasteiger partial charge in [-0.15, -0.1) is 0 Å². The molecule has 1 atom stereocenters. The topological polar surface area (TPSA) is 77.1 Å². The lowest BCUT2D eigenvalue weighted by Gasteiger charge is -2.22. The van der Waals surface area contributed by atoms with E-state index in [0.29, 0.717) is 35.8 Å². The third-order valence-corrected chi connectivity index (χ3v) is 5.50. The van der Waals surface area contributed by atoms with Gasteiger partial charge in [-0.3, -0.25) is 9.59 Å². The number of carbonyl (C=O) groups is 2. The lowest BCUT2D eigenvalue weighted by atomic mass is 10.1. The molecule has 0 radical (unpaired) electrons. The fraction of sp³-hybridized carbons (Fsp3) is 0.231. The van der Waals surface area contributed by atoms with Gasteiger partial charge >= 0.3 is 0 Å². The van der Waals surface area contributed by atoms with Crippen molar-refractivity contribution in [2.75, 3.05) is 19.5 Å². The molecule has 1 aliphatic rings. The number of methoxy groups -OCH3 is 2. The van der Waals surface area contributed by atoms with E-state index in [-0.39, 0.29) is 11.8 Å². The molecule has 7 nitrogen and oxygen atoms in total. The molecule has 0 saturated heterocycles. The summed E-state index contributed by atoms with van der Waals surface area (Å²) < 4.78 is 16.5. The van der Waals surface area contributed by atoms with E-state index >= 15 is 0 Å². The summed E-state index contributed by atoms with van der Waals surface area (Å²) in [5, 5.41) is 2.91. The molecule has 0 aromatic heterocycles. The van der Waals surface area contributed by atoms with E-state index in [1.807, 2.05) is 36.4 Å². The summed E-state index contributed by atoms with van der Waals surface area (Å²) in [6.07, 6.45) is -0.620. The Morgan fingerprint density at radius 3 is 2.67 bits per heavy atom. The molecule has 33 heavy (non-hydrogen) atoms. The van der Waals surface area contributed by atoms with Gasteiger partial charge in [0.05, 0.1) is 19.8 Å². The second kappa shape index (κ2) is 9.65. The molecular weight excluding hydrogens is 420 g/mol. The van der Waals surface area contributed by atoms with Crippen molar-refractivity contribution in [1.29, 1.82) is 0 Å². The first kappa shape index (κ1) is 22.2. The predicted octanol–water partition coefficient (Wildman–Crippen LogP) is 4.27. The number of para-hydroxylation sites is 1. The molecule has 1 N–H and O–H groups in total. The number of hydrogen-bond donors (Lipinski definition) is 1. The SMILES string of the molecule is COc1cccc(CN2Cc3cc(NC(=O)c4ccccc4OC)ccc3O[C@H](C)C2=O)c1. The Morgan fingerprint density at radius 2 is 1.88 bits per heavy atom. The number of anilines is 1. The first-order valence-electron chi connectivity index (χ1n) is 10.6. The monoisotopic (exact) mass is 446 g/mol. The van der Waals surface area contributed by atoms with Crippen LogP contribution in [0.3, 0.4) is 0 Å². The molecule has 170 valence electrons. The summed E-state index contributed by atoms with van der Waals surface area (Å²) in [7, 11) is 3.14. The lowest BCUT2D eigenvalue weighted by Crippen LogP contribution is -2.37. The average Bonchev–Trinajstić information content (AvgIpc) is 2.95. The molecule has 0 bridgehead atoms. The van der Waals surface area contributed by atoms with Gasteiger partial charge in [0.25, 0.3) is 11.8 Å². The van der Waals surface area contributed by atoms with Crippen molar-refractivity contribution in [3.63, 3.8) is 0 Å². The van der Waals surface area contributed by atoms with Crippen molar-refractivity contribution in [3.05, 3.63) is 83.4 Å². The van der Waals surface area contributed by atoms with Crippen molar-refractivity contribution in [2.24, 2.45) is 0 Å². The van der Waals surface area contributed by atoms with Crippen LogP contribution in [0.5, 0.6) is 17.2 Å². The van der Waals surface area contributed by atoms with Crippen LogP contribution in [0.2, 0.25) is 0 Å². The zero-order valence-corrected chi connectivity index (χ0v) is 18.8. The smallest absolute Gasteiger partial charge is 0.263 e. The van der Waals surface area contributed by atoms with Crippen LogP contribution in [0.15, 0.2) is 66.7 Å². The van der Waals surface area contributed by atoms with E-state index in [1.165, 1.54) is 7.11 Å². The minimum atomic E-state index is -0.620. The summed E-state index contributed by atoms with van der Waals surface area (Å²) in [5.74, 6) is 1.48. The van der Waals surface area contributed by atoms with Gasteiger partial charge in [0.15, 0.2) is 6.10 Å². The number of hydrogen-bond acceptors (Lipinski definition) is 5. The van der Waals surface area contributed by atoms with Gasteiger partial charge in [-0.1, -0.05) is 24.3 Å². The van der Waals surface area contributed by atoms with E-state index in [9.17, 15) is 9.59 Å². The fourth-order valence-corrected chi connectivity index (χ4v) is 3.83. The summed E-state index contributed by atoms with van der Waals surface area (Å²) in [4.78, 5) is 27.5. The second-order valence-electron chi connectivity index (χ2n) is 7.78. The van der Waals surface area contributed by atoms with Crippen molar-refractivity contribution in [1.82, 2.24) is 4.90 Å². The number of benzene rings is 3. The van der Waals surface area contributed by atoms with Crippen molar-refractivity contribution >= 4 is 17.5 Å². The van der Waals surface area contributed by atoms with Gasteiger partial charge in [0.2, 0.25) is 0 Å². The minimum absolute atomic E-state index is 0.103. The Hall–Kier alpha value is -4.00. The van der Waals surface area contributed by atoms with Crippen molar-refractivity contribution < 1.29 is 23.8 Å². The second-order valence-corrected chi connectivity index (χ2v) is 7.78. The molecule has 0 unspecified atom stereocenters. The molecule has 1 heterocycles. The predicted molar refractivity (Wildman–Crippen MR) is 125 cm³/mol. The van der Waals surface area contributed by atoms with Gasteiger partial charge in [0, 0.05) is 24.3 Å². The van der Waals surface area contributed by atoms with E-state index in [2.05, 4.69) is 5.32 Å². The Morgan fingerprint density at radius 1 is 1.06 bits per heavy atom. The minimum Gasteiger partial charge on any atom is -0.497 e. The van der Waals surface area contributed by atoms with Crippen LogP contribution in [0.25, 0.3) is 0 Å². The highest BCUT2D eigenvalue weighted by atomic mass is 16.5. The highest BCUT2D eigenvalue weighted by Gasteiger charge is 2.28. The zero-order chi connectivity index (χ0) is 23.4. The quantitative estimate of drug-likeness (QED) is 0.612. The maximum atomic E-state index is 13.0. The molecule has 0 saturated carbocycles. The number of carbonyl (C=O) groups excluding carboxylic acids is 2. The van der Waals surface area contributed by atoms with Crippen LogP contribution < -0.4 is 19.5 Å². The van der Waals surface area contributed by atoms with Gasteiger partial charge in [-0.25, -0.2) is 0 Å². The number of nitrogens with one attached hydrogen (secondary N) is 1. The van der Waals surface area contributed by atoms with Crippen molar-refractivity contribution in [2.45, 2.75) is 26.1 Å². The highest BCUT2D eigenvalue weighted by molar-refractivity contribution is 6.06. The Balaban J connectivity index is 1.57. The average molecular weight is 447 g/mol. The van der Waals surface area contributed by atoms with E-state index < -0.39 is 6.10 Å². The van der Waals surface area contributed by atoms with E-state index in [1.54, 1.807) is 49.3 Å².